The van der Waals surface area contributed by atoms with Gasteiger partial charge in [0.25, 0.3) is 0 Å². The first-order valence-corrected chi connectivity index (χ1v) is 15.7. The standard InChI is InChI=1S/C27H52O8P/c1-3-5-7-9-10-11-12-13-14-15-16-18-19-21-26(28)33-23-25(24-34-36(30,31)32)35-27(29)22-20-17-8-6-4-2/h25H,2-24H2,1H3,(H2,30,31,32)/q-1/t25-/m0/s1. The van der Waals surface area contributed by atoms with Gasteiger partial charge in [-0.2, -0.15) is 6.42 Å². The van der Waals surface area contributed by atoms with Crippen LogP contribution in [0, 0.1) is 6.92 Å². The van der Waals surface area contributed by atoms with E-state index in [1.807, 2.05) is 0 Å². The average Bonchev–Trinajstić information content (AvgIpc) is 2.83. The van der Waals surface area contributed by atoms with E-state index >= 15 is 0 Å². The van der Waals surface area contributed by atoms with Crippen LogP contribution < -0.4 is 0 Å². The van der Waals surface area contributed by atoms with E-state index in [-0.39, 0.29) is 19.4 Å². The number of hydrogen-bond donors (Lipinski definition) is 2. The highest BCUT2D eigenvalue weighted by atomic mass is 31.2. The van der Waals surface area contributed by atoms with Crippen LogP contribution >= 0.6 is 7.82 Å². The Morgan fingerprint density at radius 2 is 1.14 bits per heavy atom. The summed E-state index contributed by atoms with van der Waals surface area (Å²) in [5, 5.41) is 0. The fourth-order valence-electron chi connectivity index (χ4n) is 3.89. The minimum absolute atomic E-state index is 0.191. The molecule has 0 aliphatic carbocycles. The van der Waals surface area contributed by atoms with Crippen molar-refractivity contribution >= 4 is 19.8 Å². The Hall–Kier alpha value is -0.950. The first-order valence-electron chi connectivity index (χ1n) is 14.1. The normalized spacial score (nSPS) is 12.4. The van der Waals surface area contributed by atoms with Crippen LogP contribution in [0.1, 0.15) is 135 Å². The third-order valence-electron chi connectivity index (χ3n) is 6.02. The van der Waals surface area contributed by atoms with Crippen molar-refractivity contribution in [3.05, 3.63) is 6.92 Å². The molecule has 0 spiro atoms. The third-order valence-corrected chi connectivity index (χ3v) is 6.51. The van der Waals surface area contributed by atoms with Gasteiger partial charge in [-0.15, -0.1) is 0 Å². The Morgan fingerprint density at radius 1 is 0.694 bits per heavy atom. The molecule has 0 heterocycles. The molecule has 1 atom stereocenters. The average molecular weight is 536 g/mol. The van der Waals surface area contributed by atoms with Crippen molar-refractivity contribution in [1.29, 1.82) is 0 Å². The van der Waals surface area contributed by atoms with Gasteiger partial charge < -0.3 is 26.2 Å². The SMILES string of the molecule is [CH2-]CCCCCCC(=O)O[C@@H](COC(=O)CCCCCCCCCCCCCCC)COP(=O)(O)O. The lowest BCUT2D eigenvalue weighted by Crippen LogP contribution is -2.29. The van der Waals surface area contributed by atoms with Crippen LogP contribution in [0.3, 0.4) is 0 Å². The third kappa shape index (κ3) is 26.1. The van der Waals surface area contributed by atoms with E-state index in [2.05, 4.69) is 18.4 Å². The number of phosphoric ester groups is 1. The van der Waals surface area contributed by atoms with Crippen LogP contribution in [0.4, 0.5) is 0 Å². The number of hydrogen-bond acceptors (Lipinski definition) is 6. The van der Waals surface area contributed by atoms with Crippen molar-refractivity contribution in [3.63, 3.8) is 0 Å². The van der Waals surface area contributed by atoms with Crippen molar-refractivity contribution < 1.29 is 37.9 Å². The molecule has 0 aromatic heterocycles. The molecule has 9 heteroatoms. The summed E-state index contributed by atoms with van der Waals surface area (Å²) in [6.07, 6.45) is 19.6. The summed E-state index contributed by atoms with van der Waals surface area (Å²) in [5.41, 5.74) is 0. The quantitative estimate of drug-likeness (QED) is 0.0516. The summed E-state index contributed by atoms with van der Waals surface area (Å²) in [6.45, 7) is 5.19. The largest absolute Gasteiger partial charge is 0.469 e. The molecule has 0 aliphatic rings. The second-order valence-corrected chi connectivity index (χ2v) is 10.8. The Morgan fingerprint density at radius 3 is 1.61 bits per heavy atom. The summed E-state index contributed by atoms with van der Waals surface area (Å²) in [4.78, 5) is 41.9. The van der Waals surface area contributed by atoms with E-state index in [9.17, 15) is 14.2 Å². The maximum absolute atomic E-state index is 12.0. The van der Waals surface area contributed by atoms with Crippen LogP contribution in [-0.4, -0.2) is 41.0 Å². The predicted octanol–water partition coefficient (Wildman–Crippen LogP) is 7.21. The van der Waals surface area contributed by atoms with Gasteiger partial charge in [0, 0.05) is 12.8 Å². The highest BCUT2D eigenvalue weighted by Gasteiger charge is 2.22. The van der Waals surface area contributed by atoms with E-state index in [4.69, 9.17) is 19.3 Å². The Balaban J connectivity index is 3.95. The number of carbonyl (C=O) groups excluding carboxylic acids is 2. The predicted molar refractivity (Wildman–Crippen MR) is 142 cm³/mol. The fourth-order valence-corrected chi connectivity index (χ4v) is 4.25. The highest BCUT2D eigenvalue weighted by molar-refractivity contribution is 7.46. The first kappa shape index (κ1) is 35.0. The molecule has 214 valence electrons. The van der Waals surface area contributed by atoms with E-state index in [1.165, 1.54) is 64.2 Å². The zero-order valence-electron chi connectivity index (χ0n) is 22.6. The molecule has 0 aromatic rings. The van der Waals surface area contributed by atoms with Crippen molar-refractivity contribution in [3.8, 4) is 0 Å². The van der Waals surface area contributed by atoms with E-state index < -0.39 is 32.5 Å². The minimum Gasteiger partial charge on any atom is -0.462 e. The molecule has 36 heavy (non-hydrogen) atoms. The summed E-state index contributed by atoms with van der Waals surface area (Å²) in [5.74, 6) is -0.917. The number of phosphoric acid groups is 1. The van der Waals surface area contributed by atoms with Gasteiger partial charge in [-0.05, 0) is 12.8 Å². The van der Waals surface area contributed by atoms with Gasteiger partial charge in [-0.1, -0.05) is 103 Å². The zero-order chi connectivity index (χ0) is 26.9. The van der Waals surface area contributed by atoms with Gasteiger partial charge in [0.1, 0.15) is 6.61 Å². The molecule has 0 fully saturated rings. The lowest BCUT2D eigenvalue weighted by molar-refractivity contribution is -0.161. The molecule has 0 radical (unpaired) electrons. The molecular weight excluding hydrogens is 483 g/mol. The van der Waals surface area contributed by atoms with Crippen molar-refractivity contribution in [1.82, 2.24) is 0 Å². The van der Waals surface area contributed by atoms with Crippen LogP contribution in [-0.2, 0) is 28.2 Å². The zero-order valence-corrected chi connectivity index (χ0v) is 23.5. The molecule has 0 aliphatic heterocycles. The number of esters is 2. The lowest BCUT2D eigenvalue weighted by Gasteiger charge is -2.18. The summed E-state index contributed by atoms with van der Waals surface area (Å²) < 4.78 is 25.9. The van der Waals surface area contributed by atoms with E-state index in [0.717, 1.165) is 44.9 Å². The number of ether oxygens (including phenoxy) is 2. The summed E-state index contributed by atoms with van der Waals surface area (Å²) in [6, 6.07) is 0. The molecule has 0 aromatic carbocycles. The number of carbonyl (C=O) groups is 2. The van der Waals surface area contributed by atoms with Gasteiger partial charge in [-0.25, -0.2) is 4.57 Å². The van der Waals surface area contributed by atoms with Gasteiger partial charge in [0.15, 0.2) is 6.10 Å². The number of rotatable bonds is 26. The van der Waals surface area contributed by atoms with Crippen molar-refractivity contribution in [2.75, 3.05) is 13.2 Å². The maximum Gasteiger partial charge on any atom is 0.469 e. The van der Waals surface area contributed by atoms with Gasteiger partial charge in [0.2, 0.25) is 0 Å². The first-order chi connectivity index (χ1) is 17.3. The smallest absolute Gasteiger partial charge is 0.462 e. The van der Waals surface area contributed by atoms with Gasteiger partial charge in [-0.3, -0.25) is 14.1 Å². The molecular formula is C27H52O8P-. The molecule has 0 amide bonds. The molecule has 0 rings (SSSR count). The lowest BCUT2D eigenvalue weighted by atomic mass is 10.0. The molecule has 2 N–H and O–H groups in total. The Kier molecular flexibility index (Phi) is 23.7. The van der Waals surface area contributed by atoms with Crippen LogP contribution in [0.25, 0.3) is 0 Å². The second-order valence-electron chi connectivity index (χ2n) is 9.59. The highest BCUT2D eigenvalue weighted by Crippen LogP contribution is 2.35. The van der Waals surface area contributed by atoms with Crippen LogP contribution in [0.5, 0.6) is 0 Å². The van der Waals surface area contributed by atoms with Crippen molar-refractivity contribution in [2.24, 2.45) is 0 Å². The second kappa shape index (κ2) is 24.4. The molecule has 0 bridgehead atoms. The fraction of sp³-hybridized carbons (Fsp3) is 0.889. The van der Waals surface area contributed by atoms with Gasteiger partial charge in [0.05, 0.1) is 6.61 Å². The molecule has 0 unspecified atom stereocenters. The monoisotopic (exact) mass is 535 g/mol. The number of unbranched alkanes of at least 4 members (excludes halogenated alkanes) is 16. The van der Waals surface area contributed by atoms with E-state index in [0.29, 0.717) is 6.42 Å². The van der Waals surface area contributed by atoms with Crippen LogP contribution in [0.15, 0.2) is 0 Å². The Labute approximate surface area is 219 Å². The molecule has 0 saturated carbocycles. The van der Waals surface area contributed by atoms with Crippen molar-refractivity contribution in [2.45, 2.75) is 141 Å². The topological polar surface area (TPSA) is 119 Å². The minimum atomic E-state index is -4.73. The molecule has 0 saturated heterocycles. The maximum atomic E-state index is 12.0. The van der Waals surface area contributed by atoms with E-state index in [1.54, 1.807) is 0 Å². The Bertz CT molecular complexity index is 578. The molecule has 8 nitrogen and oxygen atoms in total. The summed E-state index contributed by atoms with van der Waals surface area (Å²) >= 11 is 0. The van der Waals surface area contributed by atoms with Crippen LogP contribution in [0.2, 0.25) is 0 Å². The summed E-state index contributed by atoms with van der Waals surface area (Å²) in [7, 11) is -4.73. The van der Waals surface area contributed by atoms with Gasteiger partial charge >= 0.3 is 19.8 Å².